The van der Waals surface area contributed by atoms with Gasteiger partial charge in [-0.2, -0.15) is 0 Å². The summed E-state index contributed by atoms with van der Waals surface area (Å²) >= 11 is 1.51. The second kappa shape index (κ2) is 9.37. The molecule has 0 saturated heterocycles. The first-order valence-corrected chi connectivity index (χ1v) is 10.1. The number of ether oxygens (including phenoxy) is 2. The largest absolute Gasteiger partial charge is 0.496 e. The van der Waals surface area contributed by atoms with Gasteiger partial charge in [0.15, 0.2) is 5.13 Å². The third-order valence-corrected chi connectivity index (χ3v) is 5.22. The third-order valence-electron chi connectivity index (χ3n) is 4.19. The van der Waals surface area contributed by atoms with E-state index >= 15 is 0 Å². The molecule has 0 aliphatic carbocycles. The van der Waals surface area contributed by atoms with Gasteiger partial charge in [0.2, 0.25) is 0 Å². The number of para-hydroxylation sites is 1. The average Bonchev–Trinajstić information content (AvgIpc) is 3.11. The van der Waals surface area contributed by atoms with Gasteiger partial charge in [0.1, 0.15) is 11.5 Å². The SMILES string of the molecule is CCCc1sc(NC(=O)c2ccccc2OC)nc1-c1ccc(OCC)cc1. The molecule has 0 fully saturated rings. The van der Waals surface area contributed by atoms with Crippen LogP contribution in [0.4, 0.5) is 5.13 Å². The van der Waals surface area contributed by atoms with E-state index in [0.29, 0.717) is 23.1 Å². The number of carbonyl (C=O) groups is 1. The summed E-state index contributed by atoms with van der Waals surface area (Å²) in [5.41, 5.74) is 2.41. The number of carbonyl (C=O) groups excluding carboxylic acids is 1. The number of methoxy groups -OCH3 is 1. The molecule has 0 radical (unpaired) electrons. The lowest BCUT2D eigenvalue weighted by Gasteiger charge is -2.07. The number of amides is 1. The number of benzene rings is 2. The Morgan fingerprint density at radius 3 is 2.54 bits per heavy atom. The molecule has 0 aliphatic heterocycles. The van der Waals surface area contributed by atoms with E-state index in [4.69, 9.17) is 14.5 Å². The highest BCUT2D eigenvalue weighted by Gasteiger charge is 2.17. The van der Waals surface area contributed by atoms with Crippen molar-refractivity contribution in [3.63, 3.8) is 0 Å². The Hall–Kier alpha value is -2.86. The number of thiazole rings is 1. The minimum atomic E-state index is -0.229. The summed E-state index contributed by atoms with van der Waals surface area (Å²) in [6.07, 6.45) is 1.91. The summed E-state index contributed by atoms with van der Waals surface area (Å²) in [6, 6.07) is 15.1. The fraction of sp³-hybridized carbons (Fsp3) is 0.273. The van der Waals surface area contributed by atoms with Crippen LogP contribution in [0.25, 0.3) is 11.3 Å². The molecule has 0 bridgehead atoms. The van der Waals surface area contributed by atoms with Crippen molar-refractivity contribution in [3.8, 4) is 22.8 Å². The van der Waals surface area contributed by atoms with Gasteiger partial charge in [-0.3, -0.25) is 10.1 Å². The van der Waals surface area contributed by atoms with Crippen LogP contribution in [0.3, 0.4) is 0 Å². The summed E-state index contributed by atoms with van der Waals surface area (Å²) in [5.74, 6) is 1.15. The monoisotopic (exact) mass is 396 g/mol. The average molecular weight is 397 g/mol. The van der Waals surface area contributed by atoms with Gasteiger partial charge in [-0.15, -0.1) is 11.3 Å². The minimum Gasteiger partial charge on any atom is -0.496 e. The molecule has 0 aliphatic rings. The second-order valence-electron chi connectivity index (χ2n) is 6.15. The van der Waals surface area contributed by atoms with E-state index in [1.165, 1.54) is 11.3 Å². The smallest absolute Gasteiger partial charge is 0.261 e. The Bertz CT molecular complexity index is 935. The molecule has 6 heteroatoms. The zero-order valence-electron chi connectivity index (χ0n) is 16.3. The normalized spacial score (nSPS) is 10.5. The summed E-state index contributed by atoms with van der Waals surface area (Å²) in [4.78, 5) is 18.5. The molecule has 28 heavy (non-hydrogen) atoms. The van der Waals surface area contributed by atoms with Gasteiger partial charge in [0.25, 0.3) is 5.91 Å². The molecule has 0 spiro atoms. The fourth-order valence-corrected chi connectivity index (χ4v) is 3.98. The van der Waals surface area contributed by atoms with Crippen LogP contribution < -0.4 is 14.8 Å². The fourth-order valence-electron chi connectivity index (χ4n) is 2.90. The predicted octanol–water partition coefficient (Wildman–Crippen LogP) is 5.42. The van der Waals surface area contributed by atoms with E-state index < -0.39 is 0 Å². The van der Waals surface area contributed by atoms with E-state index in [9.17, 15) is 4.79 Å². The maximum atomic E-state index is 12.7. The Labute approximate surface area is 169 Å². The Kier molecular flexibility index (Phi) is 6.66. The summed E-state index contributed by atoms with van der Waals surface area (Å²) in [7, 11) is 1.55. The molecular formula is C22H24N2O3S. The molecule has 1 amide bonds. The minimum absolute atomic E-state index is 0.229. The molecular weight excluding hydrogens is 372 g/mol. The number of nitrogens with one attached hydrogen (secondary N) is 1. The number of aromatic nitrogens is 1. The van der Waals surface area contributed by atoms with Gasteiger partial charge in [-0.1, -0.05) is 25.5 Å². The molecule has 2 aromatic carbocycles. The number of nitrogens with zero attached hydrogens (tertiary/aromatic N) is 1. The van der Waals surface area contributed by atoms with E-state index in [-0.39, 0.29) is 5.91 Å². The van der Waals surface area contributed by atoms with Crippen LogP contribution in [0.15, 0.2) is 48.5 Å². The first-order valence-electron chi connectivity index (χ1n) is 9.33. The van der Waals surface area contributed by atoms with Crippen LogP contribution in [0, 0.1) is 0 Å². The van der Waals surface area contributed by atoms with Crippen molar-refractivity contribution in [2.45, 2.75) is 26.7 Å². The zero-order chi connectivity index (χ0) is 19.9. The summed E-state index contributed by atoms with van der Waals surface area (Å²) < 4.78 is 10.8. The lowest BCUT2D eigenvalue weighted by Crippen LogP contribution is -2.12. The van der Waals surface area contributed by atoms with Crippen molar-refractivity contribution in [2.75, 3.05) is 19.0 Å². The van der Waals surface area contributed by atoms with Crippen LogP contribution in [-0.4, -0.2) is 24.6 Å². The van der Waals surface area contributed by atoms with Crippen molar-refractivity contribution >= 4 is 22.4 Å². The van der Waals surface area contributed by atoms with Gasteiger partial charge in [-0.25, -0.2) is 4.98 Å². The van der Waals surface area contributed by atoms with Gasteiger partial charge >= 0.3 is 0 Å². The molecule has 146 valence electrons. The van der Waals surface area contributed by atoms with Gasteiger partial charge in [0.05, 0.1) is 25.0 Å². The van der Waals surface area contributed by atoms with E-state index in [2.05, 4.69) is 12.2 Å². The van der Waals surface area contributed by atoms with Gasteiger partial charge in [0, 0.05) is 10.4 Å². The molecule has 5 nitrogen and oxygen atoms in total. The standard InChI is InChI=1S/C22H24N2O3S/c1-4-8-19-20(15-11-13-16(14-12-15)27-5-2)23-22(28-19)24-21(25)17-9-6-7-10-18(17)26-3/h6-7,9-14H,4-5,8H2,1-3H3,(H,23,24,25). The highest BCUT2D eigenvalue weighted by atomic mass is 32.1. The van der Waals surface area contributed by atoms with Crippen molar-refractivity contribution in [3.05, 3.63) is 59.0 Å². The van der Waals surface area contributed by atoms with Crippen molar-refractivity contribution in [2.24, 2.45) is 0 Å². The Balaban J connectivity index is 1.87. The van der Waals surface area contributed by atoms with Crippen LogP contribution in [0.5, 0.6) is 11.5 Å². The van der Waals surface area contributed by atoms with Crippen molar-refractivity contribution in [1.29, 1.82) is 0 Å². The third kappa shape index (κ3) is 4.51. The van der Waals surface area contributed by atoms with E-state index in [1.54, 1.807) is 19.2 Å². The van der Waals surface area contributed by atoms with Gasteiger partial charge < -0.3 is 9.47 Å². The lowest BCUT2D eigenvalue weighted by molar-refractivity contribution is 0.102. The molecule has 1 heterocycles. The topological polar surface area (TPSA) is 60.5 Å². The molecule has 0 unspecified atom stereocenters. The number of rotatable bonds is 8. The number of anilines is 1. The summed E-state index contributed by atoms with van der Waals surface area (Å²) in [6.45, 7) is 4.73. The van der Waals surface area contributed by atoms with Crippen molar-refractivity contribution < 1.29 is 14.3 Å². The zero-order valence-corrected chi connectivity index (χ0v) is 17.1. The number of hydrogen-bond donors (Lipinski definition) is 1. The molecule has 0 saturated carbocycles. The highest BCUT2D eigenvalue weighted by molar-refractivity contribution is 7.16. The molecule has 3 rings (SSSR count). The second-order valence-corrected chi connectivity index (χ2v) is 7.24. The van der Waals surface area contributed by atoms with E-state index in [1.807, 2.05) is 43.3 Å². The Morgan fingerprint density at radius 1 is 1.11 bits per heavy atom. The maximum Gasteiger partial charge on any atom is 0.261 e. The summed E-state index contributed by atoms with van der Waals surface area (Å²) in [5, 5.41) is 3.50. The quantitative estimate of drug-likeness (QED) is 0.552. The van der Waals surface area contributed by atoms with Crippen molar-refractivity contribution in [1.82, 2.24) is 4.98 Å². The Morgan fingerprint density at radius 2 is 1.86 bits per heavy atom. The lowest BCUT2D eigenvalue weighted by atomic mass is 10.1. The molecule has 1 N–H and O–H groups in total. The highest BCUT2D eigenvalue weighted by Crippen LogP contribution is 2.33. The molecule has 0 atom stereocenters. The number of hydrogen-bond acceptors (Lipinski definition) is 5. The number of aryl methyl sites for hydroxylation is 1. The van der Waals surface area contributed by atoms with Crippen LogP contribution in [0.1, 0.15) is 35.5 Å². The first-order chi connectivity index (χ1) is 13.7. The predicted molar refractivity (Wildman–Crippen MR) is 114 cm³/mol. The molecule has 3 aromatic rings. The van der Waals surface area contributed by atoms with Crippen LogP contribution in [-0.2, 0) is 6.42 Å². The van der Waals surface area contributed by atoms with Crippen LogP contribution in [0.2, 0.25) is 0 Å². The maximum absolute atomic E-state index is 12.7. The van der Waals surface area contributed by atoms with Gasteiger partial charge in [-0.05, 0) is 49.7 Å². The first kappa shape index (κ1) is 19.9. The van der Waals surface area contributed by atoms with E-state index in [0.717, 1.165) is 34.7 Å². The van der Waals surface area contributed by atoms with Crippen LogP contribution >= 0.6 is 11.3 Å². The molecule has 1 aromatic heterocycles.